The summed E-state index contributed by atoms with van der Waals surface area (Å²) in [6.07, 6.45) is 6.59. The molecule has 5 heteroatoms. The van der Waals surface area contributed by atoms with Crippen LogP contribution in [0.5, 0.6) is 0 Å². The van der Waals surface area contributed by atoms with Crippen LogP contribution in [0.4, 0.5) is 5.82 Å². The molecule has 2 rings (SSSR count). The summed E-state index contributed by atoms with van der Waals surface area (Å²) in [6, 6.07) is 10.3. The number of rotatable bonds is 6. The number of pyridine rings is 2. The van der Waals surface area contributed by atoms with Crippen LogP contribution in [0.25, 0.3) is 0 Å². The summed E-state index contributed by atoms with van der Waals surface area (Å²) >= 11 is 0. The molecule has 0 spiro atoms. The van der Waals surface area contributed by atoms with Gasteiger partial charge in [-0.3, -0.25) is 19.5 Å². The molecule has 0 saturated heterocycles. The zero-order chi connectivity index (χ0) is 16.0. The predicted molar refractivity (Wildman–Crippen MR) is 83.8 cm³/mol. The molecule has 0 aromatic carbocycles. The maximum atomic E-state index is 12.4. The Morgan fingerprint density at radius 2 is 1.95 bits per heavy atom. The van der Waals surface area contributed by atoms with Crippen LogP contribution in [-0.2, 0) is 15.1 Å². The normalized spacial score (nSPS) is 13.0. The summed E-state index contributed by atoms with van der Waals surface area (Å²) in [6.45, 7) is 5.31. The van der Waals surface area contributed by atoms with E-state index in [1.165, 1.54) is 4.90 Å². The van der Waals surface area contributed by atoms with E-state index in [0.29, 0.717) is 17.9 Å². The highest BCUT2D eigenvalue weighted by Gasteiger charge is 2.43. The summed E-state index contributed by atoms with van der Waals surface area (Å²) < 4.78 is 0. The molecule has 22 heavy (non-hydrogen) atoms. The first-order valence-corrected chi connectivity index (χ1v) is 6.88. The molecule has 0 aliphatic rings. The van der Waals surface area contributed by atoms with Crippen LogP contribution in [-0.4, -0.2) is 22.2 Å². The second kappa shape index (κ2) is 6.76. The molecule has 1 atom stereocenters. The Hall–Kier alpha value is -2.82. The van der Waals surface area contributed by atoms with Gasteiger partial charge in [-0.05, 0) is 36.8 Å². The van der Waals surface area contributed by atoms with Gasteiger partial charge in [-0.2, -0.15) is 0 Å². The molecule has 0 fully saturated rings. The third kappa shape index (κ3) is 2.65. The minimum Gasteiger partial charge on any atom is -0.288 e. The van der Waals surface area contributed by atoms with E-state index in [2.05, 4.69) is 16.5 Å². The zero-order valence-electron chi connectivity index (χ0n) is 12.3. The monoisotopic (exact) mass is 294 g/mol. The van der Waals surface area contributed by atoms with E-state index >= 15 is 0 Å². The largest absolute Gasteiger partial charge is 0.288 e. The molecule has 0 bridgehead atoms. The van der Waals surface area contributed by atoms with Crippen LogP contribution in [0.2, 0.25) is 0 Å². The van der Waals surface area contributed by atoms with Gasteiger partial charge in [0.25, 0.3) is 5.91 Å². The van der Waals surface area contributed by atoms with Gasteiger partial charge in [0.1, 0.15) is 5.82 Å². The average molecular weight is 294 g/mol. The molecule has 111 valence electrons. The maximum Gasteiger partial charge on any atom is 0.252 e. The van der Waals surface area contributed by atoms with Crippen molar-refractivity contribution in [2.24, 2.45) is 0 Å². The molecule has 1 unspecified atom stereocenters. The van der Waals surface area contributed by atoms with Crippen molar-refractivity contribution in [3.8, 4) is 0 Å². The van der Waals surface area contributed by atoms with E-state index in [4.69, 9.17) is 0 Å². The van der Waals surface area contributed by atoms with Crippen molar-refractivity contribution < 1.29 is 9.59 Å². The Morgan fingerprint density at radius 3 is 2.41 bits per heavy atom. The van der Waals surface area contributed by atoms with Gasteiger partial charge in [0, 0.05) is 12.4 Å². The second-order valence-electron chi connectivity index (χ2n) is 4.60. The molecule has 1 radical (unpaired) electrons. The van der Waals surface area contributed by atoms with Crippen LogP contribution >= 0.6 is 0 Å². The Kier molecular flexibility index (Phi) is 4.78. The molecule has 5 nitrogen and oxygen atoms in total. The van der Waals surface area contributed by atoms with Crippen LogP contribution in [0.1, 0.15) is 19.0 Å². The molecule has 0 saturated carbocycles. The highest BCUT2D eigenvalue weighted by Crippen LogP contribution is 2.32. The summed E-state index contributed by atoms with van der Waals surface area (Å²) in [5.41, 5.74) is -0.908. The lowest BCUT2D eigenvalue weighted by atomic mass is 9.90. The van der Waals surface area contributed by atoms with Gasteiger partial charge in [-0.25, -0.2) is 4.98 Å². The van der Waals surface area contributed by atoms with E-state index in [0.717, 1.165) is 6.08 Å². The number of anilines is 1. The number of aromatic nitrogens is 2. The van der Waals surface area contributed by atoms with Crippen LogP contribution in [0.3, 0.4) is 0 Å². The molecule has 2 heterocycles. The Bertz CT molecular complexity index is 658. The SMILES string of the molecule is C=CC(=O)N(c1ccccn1)C([C]=O)(CC)c1ccccn1. The van der Waals surface area contributed by atoms with Crippen molar-refractivity contribution in [3.05, 3.63) is 67.1 Å². The molecule has 0 N–H and O–H groups in total. The van der Waals surface area contributed by atoms with Crippen LogP contribution in [0, 0.1) is 0 Å². The predicted octanol–water partition coefficient (Wildman–Crippen LogP) is 2.41. The molecule has 1 amide bonds. The second-order valence-corrected chi connectivity index (χ2v) is 4.60. The van der Waals surface area contributed by atoms with Gasteiger partial charge in [0.2, 0.25) is 6.29 Å². The lowest BCUT2D eigenvalue weighted by Crippen LogP contribution is -2.51. The highest BCUT2D eigenvalue weighted by atomic mass is 16.2. The first-order chi connectivity index (χ1) is 10.7. The first-order valence-electron chi connectivity index (χ1n) is 6.88. The van der Waals surface area contributed by atoms with E-state index in [-0.39, 0.29) is 0 Å². The van der Waals surface area contributed by atoms with Gasteiger partial charge in [0.05, 0.1) is 5.69 Å². The number of nitrogens with zero attached hydrogens (tertiary/aromatic N) is 3. The minimum atomic E-state index is -1.35. The van der Waals surface area contributed by atoms with Crippen LogP contribution < -0.4 is 4.90 Å². The standard InChI is InChI=1S/C17H16N3O2/c1-3-16(22)20(15-10-6-8-12-19-15)17(4-2,13-21)14-9-5-7-11-18-14/h3,5-12H,1,4H2,2H3. The van der Waals surface area contributed by atoms with Gasteiger partial charge in [0.15, 0.2) is 5.54 Å². The van der Waals surface area contributed by atoms with E-state index in [1.54, 1.807) is 55.7 Å². The fourth-order valence-electron chi connectivity index (χ4n) is 2.31. The van der Waals surface area contributed by atoms with Crippen molar-refractivity contribution in [2.75, 3.05) is 4.90 Å². The van der Waals surface area contributed by atoms with Gasteiger partial charge in [-0.1, -0.05) is 25.6 Å². The smallest absolute Gasteiger partial charge is 0.252 e. The van der Waals surface area contributed by atoms with Gasteiger partial charge in [-0.15, -0.1) is 0 Å². The Morgan fingerprint density at radius 1 is 1.27 bits per heavy atom. The fourth-order valence-corrected chi connectivity index (χ4v) is 2.31. The maximum absolute atomic E-state index is 12.4. The minimum absolute atomic E-state index is 0.309. The summed E-state index contributed by atoms with van der Waals surface area (Å²) in [5.74, 6) is -0.0854. The van der Waals surface area contributed by atoms with E-state index in [1.807, 2.05) is 6.29 Å². The zero-order valence-corrected chi connectivity index (χ0v) is 12.3. The van der Waals surface area contributed by atoms with Crippen molar-refractivity contribution in [2.45, 2.75) is 18.9 Å². The summed E-state index contributed by atoms with van der Waals surface area (Å²) in [5, 5.41) is 0. The number of hydrogen-bond donors (Lipinski definition) is 0. The molecule has 2 aromatic heterocycles. The number of carbonyl (C=O) groups is 1. The molecular weight excluding hydrogens is 278 g/mol. The molecular formula is C17H16N3O2. The van der Waals surface area contributed by atoms with Crippen molar-refractivity contribution >= 4 is 18.0 Å². The quantitative estimate of drug-likeness (QED) is 0.767. The number of hydrogen-bond acceptors (Lipinski definition) is 4. The molecule has 0 aliphatic carbocycles. The molecule has 2 aromatic rings. The summed E-state index contributed by atoms with van der Waals surface area (Å²) in [7, 11) is 0. The molecule has 0 aliphatic heterocycles. The average Bonchev–Trinajstić information content (AvgIpc) is 2.60. The van der Waals surface area contributed by atoms with Gasteiger partial charge < -0.3 is 0 Å². The van der Waals surface area contributed by atoms with Crippen molar-refractivity contribution in [1.29, 1.82) is 0 Å². The van der Waals surface area contributed by atoms with Gasteiger partial charge >= 0.3 is 0 Å². The van der Waals surface area contributed by atoms with Crippen molar-refractivity contribution in [1.82, 2.24) is 9.97 Å². The fraction of sp³-hybridized carbons (Fsp3) is 0.176. The number of amides is 1. The topological polar surface area (TPSA) is 63.2 Å². The van der Waals surface area contributed by atoms with Crippen LogP contribution in [0.15, 0.2) is 61.4 Å². The Labute approximate surface area is 129 Å². The third-order valence-electron chi connectivity index (χ3n) is 3.42. The third-order valence-corrected chi connectivity index (χ3v) is 3.42. The first kappa shape index (κ1) is 15.6. The highest BCUT2D eigenvalue weighted by molar-refractivity contribution is 6.04. The lowest BCUT2D eigenvalue weighted by molar-refractivity contribution is -0.115. The lowest BCUT2D eigenvalue weighted by Gasteiger charge is -2.36. The Balaban J connectivity index is 2.67. The summed E-state index contributed by atoms with van der Waals surface area (Å²) in [4.78, 5) is 34.0. The van der Waals surface area contributed by atoms with E-state index < -0.39 is 11.4 Å². The van der Waals surface area contributed by atoms with E-state index in [9.17, 15) is 9.59 Å². The van der Waals surface area contributed by atoms with Crippen molar-refractivity contribution in [3.63, 3.8) is 0 Å². The number of carbonyl (C=O) groups excluding carboxylic acids is 2.